The standard InChI is InChI=1S/C22H21F2N7O2/c1-12(29-21(33)22(4-5-22)31-20(32)13-8-26-11-27-9-13)19-16(24)7-15(10-28-19)30-18-3-2-14(23)6-17(18)25/h2-3,6-12,30H,4-5,25H2,1H3,(H,29,33)(H,31,32)/t12-/m0/s1. The van der Waals surface area contributed by atoms with Crippen LogP contribution in [0.4, 0.5) is 25.8 Å². The third-order valence-corrected chi connectivity index (χ3v) is 5.28. The van der Waals surface area contributed by atoms with Crippen LogP contribution in [0.3, 0.4) is 0 Å². The molecule has 0 unspecified atom stereocenters. The fourth-order valence-electron chi connectivity index (χ4n) is 3.28. The molecule has 1 fully saturated rings. The summed E-state index contributed by atoms with van der Waals surface area (Å²) >= 11 is 0. The summed E-state index contributed by atoms with van der Waals surface area (Å²) in [7, 11) is 0. The van der Waals surface area contributed by atoms with Crippen LogP contribution in [0.1, 0.15) is 41.9 Å². The molecule has 33 heavy (non-hydrogen) atoms. The monoisotopic (exact) mass is 453 g/mol. The number of hydrogen-bond acceptors (Lipinski definition) is 7. The van der Waals surface area contributed by atoms with Gasteiger partial charge in [-0.3, -0.25) is 14.6 Å². The molecule has 2 amide bonds. The number of halogens is 2. The number of anilines is 3. The first-order valence-electron chi connectivity index (χ1n) is 10.1. The van der Waals surface area contributed by atoms with Crippen LogP contribution in [0.15, 0.2) is 49.2 Å². The SMILES string of the molecule is C[C@H](NC(=O)C1(NC(=O)c2cncnc2)CC1)c1ncc(Nc2ccc(F)cc2N)cc1F. The number of pyridine rings is 1. The van der Waals surface area contributed by atoms with Crippen molar-refractivity contribution in [3.8, 4) is 0 Å². The third kappa shape index (κ3) is 4.86. The van der Waals surface area contributed by atoms with Gasteiger partial charge < -0.3 is 21.7 Å². The summed E-state index contributed by atoms with van der Waals surface area (Å²) in [6.07, 6.45) is 6.31. The van der Waals surface area contributed by atoms with Gasteiger partial charge in [0.25, 0.3) is 5.91 Å². The van der Waals surface area contributed by atoms with Crippen LogP contribution in [-0.4, -0.2) is 32.3 Å². The van der Waals surface area contributed by atoms with Gasteiger partial charge in [-0.2, -0.15) is 0 Å². The molecule has 170 valence electrons. The second kappa shape index (κ2) is 8.77. The van der Waals surface area contributed by atoms with E-state index in [0.717, 1.165) is 6.07 Å². The van der Waals surface area contributed by atoms with Gasteiger partial charge in [0.1, 0.15) is 23.5 Å². The van der Waals surface area contributed by atoms with Crippen molar-refractivity contribution in [3.05, 3.63) is 72.1 Å². The van der Waals surface area contributed by atoms with Crippen molar-refractivity contribution in [2.24, 2.45) is 0 Å². The molecule has 3 aromatic rings. The van der Waals surface area contributed by atoms with Gasteiger partial charge in [0.15, 0.2) is 0 Å². The minimum atomic E-state index is -1.06. The molecule has 4 rings (SSSR count). The van der Waals surface area contributed by atoms with Crippen molar-refractivity contribution in [1.82, 2.24) is 25.6 Å². The summed E-state index contributed by atoms with van der Waals surface area (Å²) in [6, 6.07) is 4.26. The fraction of sp³-hybridized carbons (Fsp3) is 0.227. The highest BCUT2D eigenvalue weighted by Gasteiger charge is 2.51. The first-order chi connectivity index (χ1) is 15.8. The van der Waals surface area contributed by atoms with E-state index in [0.29, 0.717) is 24.2 Å². The molecule has 0 radical (unpaired) electrons. The molecule has 5 N–H and O–H groups in total. The van der Waals surface area contributed by atoms with Gasteiger partial charge in [-0.05, 0) is 38.0 Å². The summed E-state index contributed by atoms with van der Waals surface area (Å²) < 4.78 is 27.9. The number of rotatable bonds is 7. The minimum absolute atomic E-state index is 0.0274. The highest BCUT2D eigenvalue weighted by molar-refractivity contribution is 6.00. The Kier molecular flexibility index (Phi) is 5.86. The van der Waals surface area contributed by atoms with E-state index in [9.17, 15) is 18.4 Å². The van der Waals surface area contributed by atoms with E-state index in [1.54, 1.807) is 6.92 Å². The molecule has 1 saturated carbocycles. The maximum atomic E-state index is 14.7. The Morgan fingerprint density at radius 2 is 1.85 bits per heavy atom. The Balaban J connectivity index is 1.41. The van der Waals surface area contributed by atoms with Gasteiger partial charge in [0.05, 0.1) is 40.6 Å². The quantitative estimate of drug-likeness (QED) is 0.404. The summed E-state index contributed by atoms with van der Waals surface area (Å²) in [5.74, 6) is -2.02. The molecule has 11 heteroatoms. The molecule has 0 aliphatic heterocycles. The van der Waals surface area contributed by atoms with E-state index in [4.69, 9.17) is 5.73 Å². The summed E-state index contributed by atoms with van der Waals surface area (Å²) in [4.78, 5) is 36.9. The smallest absolute Gasteiger partial charge is 0.255 e. The zero-order chi connectivity index (χ0) is 23.6. The van der Waals surface area contributed by atoms with Crippen molar-refractivity contribution in [1.29, 1.82) is 0 Å². The highest BCUT2D eigenvalue weighted by Crippen LogP contribution is 2.36. The van der Waals surface area contributed by atoms with Crippen molar-refractivity contribution >= 4 is 28.9 Å². The van der Waals surface area contributed by atoms with E-state index < -0.39 is 35.0 Å². The zero-order valence-corrected chi connectivity index (χ0v) is 17.6. The molecule has 2 aromatic heterocycles. The van der Waals surface area contributed by atoms with Gasteiger partial charge in [-0.1, -0.05) is 0 Å². The topological polar surface area (TPSA) is 135 Å². The number of amides is 2. The van der Waals surface area contributed by atoms with E-state index in [-0.39, 0.29) is 16.9 Å². The number of benzene rings is 1. The van der Waals surface area contributed by atoms with Gasteiger partial charge >= 0.3 is 0 Å². The van der Waals surface area contributed by atoms with Crippen LogP contribution in [0.25, 0.3) is 0 Å². The predicted molar refractivity (Wildman–Crippen MR) is 116 cm³/mol. The third-order valence-electron chi connectivity index (χ3n) is 5.28. The number of nitrogen functional groups attached to an aromatic ring is 1. The van der Waals surface area contributed by atoms with Crippen LogP contribution in [0.5, 0.6) is 0 Å². The summed E-state index contributed by atoms with van der Waals surface area (Å²) in [6.45, 7) is 1.59. The Morgan fingerprint density at radius 3 is 2.48 bits per heavy atom. The number of carbonyl (C=O) groups is 2. The molecular formula is C22H21F2N7O2. The lowest BCUT2D eigenvalue weighted by Crippen LogP contribution is -2.49. The summed E-state index contributed by atoms with van der Waals surface area (Å²) in [5, 5.41) is 8.30. The molecule has 1 aliphatic carbocycles. The predicted octanol–water partition coefficient (Wildman–Crippen LogP) is 2.62. The number of hydrogen-bond donors (Lipinski definition) is 4. The molecule has 9 nitrogen and oxygen atoms in total. The van der Waals surface area contributed by atoms with Crippen LogP contribution in [0, 0.1) is 11.6 Å². The number of nitrogens with zero attached hydrogens (tertiary/aromatic N) is 3. The number of aromatic nitrogens is 3. The van der Waals surface area contributed by atoms with Crippen LogP contribution < -0.4 is 21.7 Å². The van der Waals surface area contributed by atoms with Crippen LogP contribution in [-0.2, 0) is 4.79 Å². The van der Waals surface area contributed by atoms with Gasteiger partial charge in [0.2, 0.25) is 5.91 Å². The second-order valence-corrected chi connectivity index (χ2v) is 7.81. The molecule has 1 atom stereocenters. The van der Waals surface area contributed by atoms with E-state index in [2.05, 4.69) is 30.9 Å². The van der Waals surface area contributed by atoms with Crippen LogP contribution >= 0.6 is 0 Å². The maximum absolute atomic E-state index is 14.7. The van der Waals surface area contributed by atoms with Gasteiger partial charge in [-0.15, -0.1) is 0 Å². The molecule has 1 aliphatic rings. The average molecular weight is 453 g/mol. The van der Waals surface area contributed by atoms with E-state index >= 15 is 0 Å². The lowest BCUT2D eigenvalue weighted by atomic mass is 10.1. The van der Waals surface area contributed by atoms with Crippen LogP contribution in [0.2, 0.25) is 0 Å². The van der Waals surface area contributed by atoms with Crippen molar-refractivity contribution in [3.63, 3.8) is 0 Å². The van der Waals surface area contributed by atoms with Crippen molar-refractivity contribution in [2.75, 3.05) is 11.1 Å². The normalized spacial score (nSPS) is 14.8. The lowest BCUT2D eigenvalue weighted by Gasteiger charge is -2.21. The Labute approximate surface area is 187 Å². The average Bonchev–Trinajstić information content (AvgIpc) is 3.57. The molecule has 0 spiro atoms. The molecule has 1 aromatic carbocycles. The Hall–Kier alpha value is -4.15. The summed E-state index contributed by atoms with van der Waals surface area (Å²) in [5.41, 5.74) is 5.85. The highest BCUT2D eigenvalue weighted by atomic mass is 19.1. The Bertz CT molecular complexity index is 1200. The Morgan fingerprint density at radius 1 is 1.12 bits per heavy atom. The van der Waals surface area contributed by atoms with Gasteiger partial charge in [-0.25, -0.2) is 18.7 Å². The number of nitrogens with one attached hydrogen (secondary N) is 3. The largest absolute Gasteiger partial charge is 0.397 e. The molecular weight excluding hydrogens is 432 g/mol. The first-order valence-corrected chi connectivity index (χ1v) is 10.1. The number of nitrogens with two attached hydrogens (primary N) is 1. The zero-order valence-electron chi connectivity index (χ0n) is 17.6. The first kappa shape index (κ1) is 22.1. The van der Waals surface area contributed by atoms with E-state index in [1.165, 1.54) is 43.1 Å². The second-order valence-electron chi connectivity index (χ2n) is 7.81. The molecule has 0 bridgehead atoms. The molecule has 2 heterocycles. The number of carbonyl (C=O) groups excluding carboxylic acids is 2. The fourth-order valence-corrected chi connectivity index (χ4v) is 3.28. The van der Waals surface area contributed by atoms with Crippen molar-refractivity contribution in [2.45, 2.75) is 31.3 Å². The van der Waals surface area contributed by atoms with Crippen molar-refractivity contribution < 1.29 is 18.4 Å². The maximum Gasteiger partial charge on any atom is 0.255 e. The van der Waals surface area contributed by atoms with E-state index in [1.807, 2.05) is 0 Å². The molecule has 0 saturated heterocycles. The van der Waals surface area contributed by atoms with Gasteiger partial charge in [0, 0.05) is 18.5 Å². The minimum Gasteiger partial charge on any atom is -0.397 e. The lowest BCUT2D eigenvalue weighted by molar-refractivity contribution is -0.124.